The van der Waals surface area contributed by atoms with Gasteiger partial charge in [-0.05, 0) is 33.1 Å². The number of anilines is 1. The lowest BCUT2D eigenvalue weighted by atomic mass is 9.76. The van der Waals surface area contributed by atoms with E-state index in [9.17, 15) is 0 Å². The normalized spacial score (nSPS) is 20.5. The fourth-order valence-electron chi connectivity index (χ4n) is 2.49. The smallest absolute Gasteiger partial charge is 0.399 e. The average Bonchev–Trinajstić information content (AvgIpc) is 2.59. The van der Waals surface area contributed by atoms with Gasteiger partial charge in [0, 0.05) is 16.5 Å². The third-order valence-corrected chi connectivity index (χ3v) is 4.51. The molecule has 0 amide bonds. The first kappa shape index (κ1) is 13.5. The highest BCUT2D eigenvalue weighted by molar-refractivity contribution is 6.64. The molecule has 0 radical (unpaired) electrons. The largest absolute Gasteiger partial charge is 0.496 e. The van der Waals surface area contributed by atoms with Crippen molar-refractivity contribution in [3.05, 3.63) is 36.4 Å². The monoisotopic (exact) mass is 269 g/mol. The fraction of sp³-hybridized carbons (Fsp3) is 0.375. The van der Waals surface area contributed by atoms with E-state index in [1.165, 1.54) is 0 Å². The van der Waals surface area contributed by atoms with Crippen molar-refractivity contribution >= 4 is 29.0 Å². The number of rotatable bonds is 1. The van der Waals surface area contributed by atoms with Crippen LogP contribution in [0.3, 0.4) is 0 Å². The third kappa shape index (κ3) is 1.91. The molecule has 2 N–H and O–H groups in total. The topological polar surface area (TPSA) is 44.5 Å². The van der Waals surface area contributed by atoms with Crippen LogP contribution in [-0.2, 0) is 9.31 Å². The quantitative estimate of drug-likeness (QED) is 0.639. The number of hydrogen-bond acceptors (Lipinski definition) is 3. The van der Waals surface area contributed by atoms with E-state index in [1.54, 1.807) is 0 Å². The van der Waals surface area contributed by atoms with Crippen LogP contribution in [0.1, 0.15) is 27.7 Å². The van der Waals surface area contributed by atoms with Crippen molar-refractivity contribution in [3.8, 4) is 0 Å². The van der Waals surface area contributed by atoms with E-state index in [0.717, 1.165) is 21.9 Å². The molecule has 4 heteroatoms. The summed E-state index contributed by atoms with van der Waals surface area (Å²) in [6.07, 6.45) is 0. The summed E-state index contributed by atoms with van der Waals surface area (Å²) in [5.74, 6) is 0. The molecule has 2 aromatic carbocycles. The van der Waals surface area contributed by atoms with Crippen LogP contribution in [0.2, 0.25) is 0 Å². The van der Waals surface area contributed by atoms with Crippen molar-refractivity contribution < 1.29 is 9.31 Å². The molecule has 0 spiro atoms. The van der Waals surface area contributed by atoms with Gasteiger partial charge >= 0.3 is 7.12 Å². The van der Waals surface area contributed by atoms with Crippen molar-refractivity contribution in [2.75, 3.05) is 5.73 Å². The summed E-state index contributed by atoms with van der Waals surface area (Å²) in [5, 5.41) is 2.17. The van der Waals surface area contributed by atoms with E-state index < -0.39 is 7.12 Å². The average molecular weight is 269 g/mol. The number of nitrogens with two attached hydrogens (primary N) is 1. The maximum atomic E-state index is 6.32. The molecule has 0 saturated carbocycles. The Hall–Kier alpha value is -1.52. The summed E-state index contributed by atoms with van der Waals surface area (Å²) >= 11 is 0. The van der Waals surface area contributed by atoms with Gasteiger partial charge in [-0.15, -0.1) is 0 Å². The molecule has 1 aliphatic rings. The molecule has 3 rings (SSSR count). The Bertz CT molecular complexity index is 651. The SMILES string of the molecule is CC1(C)OB(c2ccc3ccccc3c2N)OC1(C)C. The van der Waals surface area contributed by atoms with Gasteiger partial charge < -0.3 is 15.0 Å². The lowest BCUT2D eigenvalue weighted by Gasteiger charge is -2.32. The molecule has 0 atom stereocenters. The summed E-state index contributed by atoms with van der Waals surface area (Å²) in [5.41, 5.74) is 7.26. The summed E-state index contributed by atoms with van der Waals surface area (Å²) in [6, 6.07) is 12.1. The zero-order chi connectivity index (χ0) is 14.5. The van der Waals surface area contributed by atoms with Crippen LogP contribution in [-0.4, -0.2) is 18.3 Å². The molecular formula is C16H20BNO2. The molecule has 0 bridgehead atoms. The zero-order valence-electron chi connectivity index (χ0n) is 12.4. The number of benzene rings is 2. The summed E-state index contributed by atoms with van der Waals surface area (Å²) < 4.78 is 12.2. The van der Waals surface area contributed by atoms with Gasteiger partial charge in [0.1, 0.15) is 0 Å². The van der Waals surface area contributed by atoms with Crippen molar-refractivity contribution in [1.29, 1.82) is 0 Å². The van der Waals surface area contributed by atoms with Crippen LogP contribution in [0.15, 0.2) is 36.4 Å². The van der Waals surface area contributed by atoms with Gasteiger partial charge in [-0.3, -0.25) is 0 Å². The number of nitrogen functional groups attached to an aromatic ring is 1. The molecule has 1 heterocycles. The highest BCUT2D eigenvalue weighted by Gasteiger charge is 2.52. The van der Waals surface area contributed by atoms with E-state index in [4.69, 9.17) is 15.0 Å². The second-order valence-electron chi connectivity index (χ2n) is 6.38. The molecule has 0 aliphatic carbocycles. The lowest BCUT2D eigenvalue weighted by Crippen LogP contribution is -2.41. The minimum atomic E-state index is -0.412. The summed E-state index contributed by atoms with van der Waals surface area (Å²) in [6.45, 7) is 8.18. The molecule has 0 aromatic heterocycles. The molecule has 1 aliphatic heterocycles. The van der Waals surface area contributed by atoms with Gasteiger partial charge in [0.05, 0.1) is 11.2 Å². The van der Waals surface area contributed by atoms with Crippen molar-refractivity contribution in [3.63, 3.8) is 0 Å². The Morgan fingerprint density at radius 1 is 0.900 bits per heavy atom. The highest BCUT2D eigenvalue weighted by Crippen LogP contribution is 2.37. The van der Waals surface area contributed by atoms with Crippen LogP contribution in [0.4, 0.5) is 5.69 Å². The van der Waals surface area contributed by atoms with Crippen molar-refractivity contribution in [1.82, 2.24) is 0 Å². The Balaban J connectivity index is 2.06. The summed E-state index contributed by atoms with van der Waals surface area (Å²) in [4.78, 5) is 0. The second-order valence-corrected chi connectivity index (χ2v) is 6.38. The van der Waals surface area contributed by atoms with E-state index in [-0.39, 0.29) is 11.2 Å². The first-order valence-electron chi connectivity index (χ1n) is 6.95. The third-order valence-electron chi connectivity index (χ3n) is 4.51. The molecule has 104 valence electrons. The maximum absolute atomic E-state index is 6.32. The molecule has 20 heavy (non-hydrogen) atoms. The van der Waals surface area contributed by atoms with E-state index in [1.807, 2.05) is 52.0 Å². The van der Waals surface area contributed by atoms with Crippen molar-refractivity contribution in [2.45, 2.75) is 38.9 Å². The predicted molar refractivity (Wildman–Crippen MR) is 84.1 cm³/mol. The Morgan fingerprint density at radius 3 is 2.15 bits per heavy atom. The molecule has 0 unspecified atom stereocenters. The van der Waals surface area contributed by atoms with Gasteiger partial charge in [0.15, 0.2) is 0 Å². The van der Waals surface area contributed by atoms with Gasteiger partial charge in [0.25, 0.3) is 0 Å². The van der Waals surface area contributed by atoms with Gasteiger partial charge in [-0.25, -0.2) is 0 Å². The molecule has 1 fully saturated rings. The fourth-order valence-corrected chi connectivity index (χ4v) is 2.49. The van der Waals surface area contributed by atoms with E-state index in [0.29, 0.717) is 0 Å². The standard InChI is InChI=1S/C16H20BNO2/c1-15(2)16(3,4)20-17(19-15)13-10-9-11-7-5-6-8-12(11)14(13)18/h5-10H,18H2,1-4H3. The first-order chi connectivity index (χ1) is 9.32. The minimum Gasteiger partial charge on any atom is -0.399 e. The molecular weight excluding hydrogens is 249 g/mol. The van der Waals surface area contributed by atoms with Gasteiger partial charge in [0.2, 0.25) is 0 Å². The molecule has 1 saturated heterocycles. The Kier molecular flexibility index (Phi) is 2.85. The Labute approximate surface area is 120 Å². The van der Waals surface area contributed by atoms with Gasteiger partial charge in [-0.1, -0.05) is 36.4 Å². The van der Waals surface area contributed by atoms with Crippen LogP contribution >= 0.6 is 0 Å². The lowest BCUT2D eigenvalue weighted by molar-refractivity contribution is 0.00578. The Morgan fingerprint density at radius 2 is 1.50 bits per heavy atom. The molecule has 3 nitrogen and oxygen atoms in total. The maximum Gasteiger partial charge on any atom is 0.496 e. The van der Waals surface area contributed by atoms with Crippen LogP contribution in [0.25, 0.3) is 10.8 Å². The minimum absolute atomic E-state index is 0.351. The zero-order valence-corrected chi connectivity index (χ0v) is 12.4. The van der Waals surface area contributed by atoms with E-state index >= 15 is 0 Å². The van der Waals surface area contributed by atoms with Crippen LogP contribution in [0, 0.1) is 0 Å². The van der Waals surface area contributed by atoms with Crippen LogP contribution in [0.5, 0.6) is 0 Å². The van der Waals surface area contributed by atoms with Gasteiger partial charge in [-0.2, -0.15) is 0 Å². The second kappa shape index (κ2) is 4.24. The number of hydrogen-bond donors (Lipinski definition) is 1. The van der Waals surface area contributed by atoms with Crippen LogP contribution < -0.4 is 11.2 Å². The predicted octanol–water partition coefficient (Wildman–Crippen LogP) is 2.72. The molecule has 2 aromatic rings. The summed E-state index contributed by atoms with van der Waals surface area (Å²) in [7, 11) is -0.412. The first-order valence-corrected chi connectivity index (χ1v) is 6.95. The highest BCUT2D eigenvalue weighted by atomic mass is 16.7. The van der Waals surface area contributed by atoms with Crippen molar-refractivity contribution in [2.24, 2.45) is 0 Å². The number of fused-ring (bicyclic) bond motifs is 1. The van der Waals surface area contributed by atoms with E-state index in [2.05, 4.69) is 12.1 Å².